The Morgan fingerprint density at radius 3 is 2.71 bits per heavy atom. The van der Waals surface area contributed by atoms with E-state index in [2.05, 4.69) is 27.8 Å². The maximum atomic E-state index is 11.3. The van der Waals surface area contributed by atoms with Crippen molar-refractivity contribution >= 4 is 33.7 Å². The van der Waals surface area contributed by atoms with E-state index in [4.69, 9.17) is 4.84 Å². The molecule has 94 valence electrons. The minimum atomic E-state index is -0.573. The number of nitrogens with one attached hydrogen (secondary N) is 1. The number of hydrogen-bond acceptors (Lipinski definition) is 4. The zero-order valence-corrected chi connectivity index (χ0v) is 10.8. The number of hydrogen-bond donors (Lipinski definition) is 1. The van der Waals surface area contributed by atoms with Gasteiger partial charge in [0, 0.05) is 13.0 Å². The molecule has 2 amide bonds. The molecule has 1 aliphatic heterocycles. The highest BCUT2D eigenvalue weighted by Crippen LogP contribution is 2.20. The second-order valence-electron chi connectivity index (χ2n) is 3.45. The topological polar surface area (TPSA) is 75.7 Å². The van der Waals surface area contributed by atoms with Crippen molar-refractivity contribution in [2.24, 2.45) is 0 Å². The molecule has 0 aromatic rings. The van der Waals surface area contributed by atoms with Crippen LogP contribution in [0.1, 0.15) is 19.3 Å². The number of alkyl halides is 1. The summed E-state index contributed by atoms with van der Waals surface area (Å²) in [4.78, 5) is 38.3. The van der Waals surface area contributed by atoms with Gasteiger partial charge in [0.2, 0.25) is 5.91 Å². The molecule has 0 saturated carbocycles. The van der Waals surface area contributed by atoms with Crippen LogP contribution in [0.2, 0.25) is 0 Å². The zero-order chi connectivity index (χ0) is 12.8. The fraction of sp³-hybridized carbons (Fsp3) is 0.500. The van der Waals surface area contributed by atoms with Crippen molar-refractivity contribution in [3.05, 3.63) is 12.3 Å². The third-order valence-electron chi connectivity index (χ3n) is 2.11. The Hall–Kier alpha value is -1.37. The van der Waals surface area contributed by atoms with Crippen molar-refractivity contribution in [2.45, 2.75) is 19.3 Å². The molecular formula is C10H13BrN2O4. The van der Waals surface area contributed by atoms with Gasteiger partial charge >= 0.3 is 5.97 Å². The van der Waals surface area contributed by atoms with Crippen molar-refractivity contribution < 1.29 is 19.2 Å². The van der Waals surface area contributed by atoms with Gasteiger partial charge in [-0.3, -0.25) is 9.59 Å². The Kier molecular flexibility index (Phi) is 5.14. The van der Waals surface area contributed by atoms with E-state index in [1.54, 1.807) is 0 Å². The average Bonchev–Trinajstić information content (AvgIpc) is 2.60. The SMILES string of the molecule is C=C1CCC(=O)N1OC(=O)CCNC(=O)CBr. The molecule has 1 heterocycles. The van der Waals surface area contributed by atoms with Crippen LogP contribution in [0.15, 0.2) is 12.3 Å². The quantitative estimate of drug-likeness (QED) is 0.750. The number of allylic oxidation sites excluding steroid dienone is 1. The molecule has 1 rings (SSSR count). The van der Waals surface area contributed by atoms with E-state index in [-0.39, 0.29) is 30.1 Å². The first-order valence-electron chi connectivity index (χ1n) is 5.08. The van der Waals surface area contributed by atoms with Gasteiger partial charge in [0.1, 0.15) is 0 Å². The Labute approximate surface area is 107 Å². The van der Waals surface area contributed by atoms with E-state index in [1.807, 2.05) is 0 Å². The van der Waals surface area contributed by atoms with Gasteiger partial charge < -0.3 is 10.2 Å². The Balaban J connectivity index is 2.27. The van der Waals surface area contributed by atoms with Gasteiger partial charge in [-0.25, -0.2) is 4.79 Å². The van der Waals surface area contributed by atoms with Crippen LogP contribution in [-0.4, -0.2) is 34.7 Å². The van der Waals surface area contributed by atoms with E-state index in [1.165, 1.54) is 0 Å². The lowest BCUT2D eigenvalue weighted by Crippen LogP contribution is -2.31. The van der Waals surface area contributed by atoms with E-state index in [0.29, 0.717) is 18.5 Å². The first-order chi connectivity index (χ1) is 8.04. The molecule has 0 unspecified atom stereocenters. The third kappa shape index (κ3) is 4.18. The summed E-state index contributed by atoms with van der Waals surface area (Å²) < 4.78 is 0. The van der Waals surface area contributed by atoms with Gasteiger partial charge in [0.05, 0.1) is 17.4 Å². The minimum absolute atomic E-state index is 0.00972. The predicted molar refractivity (Wildman–Crippen MR) is 62.7 cm³/mol. The second kappa shape index (κ2) is 6.39. The molecule has 0 bridgehead atoms. The summed E-state index contributed by atoms with van der Waals surface area (Å²) >= 11 is 2.98. The summed E-state index contributed by atoms with van der Waals surface area (Å²) in [7, 11) is 0. The van der Waals surface area contributed by atoms with Gasteiger partial charge in [-0.1, -0.05) is 22.5 Å². The molecule has 1 saturated heterocycles. The smallest absolute Gasteiger partial charge is 0.334 e. The molecule has 0 aliphatic carbocycles. The molecule has 1 N–H and O–H groups in total. The lowest BCUT2D eigenvalue weighted by Gasteiger charge is -2.15. The molecule has 0 spiro atoms. The molecule has 1 fully saturated rings. The summed E-state index contributed by atoms with van der Waals surface area (Å²) in [5, 5.41) is 3.61. The summed E-state index contributed by atoms with van der Waals surface area (Å²) in [6.07, 6.45) is 0.828. The van der Waals surface area contributed by atoms with Crippen LogP contribution in [0.5, 0.6) is 0 Å². The van der Waals surface area contributed by atoms with E-state index >= 15 is 0 Å². The Morgan fingerprint density at radius 2 is 2.18 bits per heavy atom. The zero-order valence-electron chi connectivity index (χ0n) is 9.20. The number of rotatable bonds is 5. The van der Waals surface area contributed by atoms with Crippen LogP contribution in [0.3, 0.4) is 0 Å². The number of amides is 2. The van der Waals surface area contributed by atoms with Crippen LogP contribution in [0, 0.1) is 0 Å². The molecule has 7 heteroatoms. The number of halogens is 1. The predicted octanol–water partition coefficient (Wildman–Crippen LogP) is 0.482. The molecule has 17 heavy (non-hydrogen) atoms. The van der Waals surface area contributed by atoms with Crippen molar-refractivity contribution in [2.75, 3.05) is 11.9 Å². The number of carbonyl (C=O) groups is 3. The fourth-order valence-corrected chi connectivity index (χ4v) is 1.44. The van der Waals surface area contributed by atoms with Crippen LogP contribution < -0.4 is 5.32 Å². The molecule has 6 nitrogen and oxygen atoms in total. The molecule has 0 aromatic carbocycles. The van der Waals surface area contributed by atoms with E-state index in [0.717, 1.165) is 5.06 Å². The lowest BCUT2D eigenvalue weighted by atomic mass is 10.3. The number of hydroxylamine groups is 2. The Bertz CT molecular complexity index is 340. The van der Waals surface area contributed by atoms with Gasteiger partial charge in [0.25, 0.3) is 5.91 Å². The van der Waals surface area contributed by atoms with Crippen LogP contribution in [0.4, 0.5) is 0 Å². The van der Waals surface area contributed by atoms with Crippen molar-refractivity contribution in [1.82, 2.24) is 10.4 Å². The normalized spacial score (nSPS) is 15.0. The van der Waals surface area contributed by atoms with Crippen LogP contribution >= 0.6 is 15.9 Å². The first kappa shape index (κ1) is 13.7. The third-order valence-corrected chi connectivity index (χ3v) is 2.62. The van der Waals surface area contributed by atoms with Gasteiger partial charge in [-0.2, -0.15) is 0 Å². The van der Waals surface area contributed by atoms with Crippen LogP contribution in [0.25, 0.3) is 0 Å². The van der Waals surface area contributed by atoms with Gasteiger partial charge in [-0.15, -0.1) is 5.06 Å². The Morgan fingerprint density at radius 1 is 1.47 bits per heavy atom. The summed E-state index contributed by atoms with van der Waals surface area (Å²) in [6.45, 7) is 3.79. The number of nitrogens with zero attached hydrogens (tertiary/aromatic N) is 1. The molecule has 0 atom stereocenters. The van der Waals surface area contributed by atoms with Crippen molar-refractivity contribution in [3.8, 4) is 0 Å². The van der Waals surface area contributed by atoms with Crippen molar-refractivity contribution in [3.63, 3.8) is 0 Å². The number of carbonyl (C=O) groups excluding carboxylic acids is 3. The maximum absolute atomic E-state index is 11.3. The minimum Gasteiger partial charge on any atom is -0.355 e. The van der Waals surface area contributed by atoms with Gasteiger partial charge in [-0.05, 0) is 6.42 Å². The molecule has 0 aromatic heterocycles. The maximum Gasteiger partial charge on any atom is 0.334 e. The second-order valence-corrected chi connectivity index (χ2v) is 4.01. The monoisotopic (exact) mass is 304 g/mol. The highest BCUT2D eigenvalue weighted by atomic mass is 79.9. The average molecular weight is 305 g/mol. The molecule has 0 radical (unpaired) electrons. The first-order valence-corrected chi connectivity index (χ1v) is 6.21. The largest absolute Gasteiger partial charge is 0.355 e. The summed E-state index contributed by atoms with van der Waals surface area (Å²) in [5.74, 6) is -1.05. The molecular weight excluding hydrogens is 292 g/mol. The fourth-order valence-electron chi connectivity index (χ4n) is 1.24. The highest BCUT2D eigenvalue weighted by Gasteiger charge is 2.27. The molecule has 1 aliphatic rings. The standard InChI is InChI=1S/C10H13BrN2O4/c1-7-2-3-9(15)13(7)17-10(16)4-5-12-8(14)6-11/h1-6H2,(H,12,14). The van der Waals surface area contributed by atoms with Gasteiger partial charge in [0.15, 0.2) is 0 Å². The summed E-state index contributed by atoms with van der Waals surface area (Å²) in [5.41, 5.74) is 0.479. The van der Waals surface area contributed by atoms with E-state index in [9.17, 15) is 14.4 Å². The van der Waals surface area contributed by atoms with Crippen molar-refractivity contribution in [1.29, 1.82) is 0 Å². The van der Waals surface area contributed by atoms with Crippen LogP contribution in [-0.2, 0) is 19.2 Å². The summed E-state index contributed by atoms with van der Waals surface area (Å²) in [6, 6.07) is 0. The van der Waals surface area contributed by atoms with E-state index < -0.39 is 5.97 Å². The highest BCUT2D eigenvalue weighted by molar-refractivity contribution is 9.09. The lowest BCUT2D eigenvalue weighted by molar-refractivity contribution is -0.186.